The maximum Gasteiger partial charge on any atom is 0.261 e. The van der Waals surface area contributed by atoms with E-state index in [4.69, 9.17) is 21.0 Å². The van der Waals surface area contributed by atoms with Gasteiger partial charge in [-0.2, -0.15) is 21.0 Å². The van der Waals surface area contributed by atoms with Crippen molar-refractivity contribution in [1.82, 2.24) is 9.80 Å². The molecule has 0 saturated heterocycles. The zero-order chi connectivity index (χ0) is 31.1. The molecular weight excluding hydrogens is 629 g/mol. The Morgan fingerprint density at radius 2 is 0.864 bits per heavy atom. The number of hydrogen-bond donors (Lipinski definition) is 0. The number of amides is 2. The van der Waals surface area contributed by atoms with E-state index >= 15 is 0 Å². The summed E-state index contributed by atoms with van der Waals surface area (Å²) in [5, 5.41) is 36.2. The highest BCUT2D eigenvalue weighted by Gasteiger charge is 2.47. The van der Waals surface area contributed by atoms with Crippen LogP contribution in [-0.2, 0) is 9.59 Å². The SMILES string of the molecule is CN1C(=O)C2=C(c3ccc(-c4ccc(C=C(C#N)C#N)s4)s3)N(C)C(=O)C2=C1c1ccc(-c2ccc(C=C(C#N)C#N)s2)s1. The zero-order valence-electron chi connectivity index (χ0n) is 22.9. The van der Waals surface area contributed by atoms with Crippen molar-refractivity contribution in [2.24, 2.45) is 0 Å². The van der Waals surface area contributed by atoms with Gasteiger partial charge in [-0.25, -0.2) is 0 Å². The van der Waals surface area contributed by atoms with Crippen molar-refractivity contribution in [2.45, 2.75) is 0 Å². The van der Waals surface area contributed by atoms with Gasteiger partial charge in [-0.15, -0.1) is 45.3 Å². The molecule has 0 N–H and O–H groups in total. The number of carbonyl (C=O) groups excluding carboxylic acids is 2. The van der Waals surface area contributed by atoms with Gasteiger partial charge >= 0.3 is 0 Å². The van der Waals surface area contributed by atoms with E-state index in [9.17, 15) is 9.59 Å². The smallest absolute Gasteiger partial charge is 0.261 e. The van der Waals surface area contributed by atoms with Crippen molar-refractivity contribution in [3.8, 4) is 43.8 Å². The summed E-state index contributed by atoms with van der Waals surface area (Å²) in [5.74, 6) is -0.499. The molecule has 8 nitrogen and oxygen atoms in total. The van der Waals surface area contributed by atoms with E-state index in [-0.39, 0.29) is 23.0 Å². The summed E-state index contributed by atoms with van der Waals surface area (Å²) in [6.45, 7) is 0. The number of fused-ring (bicyclic) bond motifs is 1. The van der Waals surface area contributed by atoms with Gasteiger partial charge in [-0.3, -0.25) is 9.59 Å². The molecular formula is C32H16N6O2S4. The third-order valence-corrected chi connectivity index (χ3v) is 11.5. The van der Waals surface area contributed by atoms with Gasteiger partial charge in [0.1, 0.15) is 35.4 Å². The number of carbonyl (C=O) groups is 2. The second kappa shape index (κ2) is 11.4. The van der Waals surface area contributed by atoms with Crippen LogP contribution in [0.5, 0.6) is 0 Å². The molecule has 2 amide bonds. The summed E-state index contributed by atoms with van der Waals surface area (Å²) in [6, 6.07) is 22.7. The van der Waals surface area contributed by atoms with Gasteiger partial charge in [0.2, 0.25) is 0 Å². The van der Waals surface area contributed by atoms with E-state index in [1.165, 1.54) is 55.1 Å². The Morgan fingerprint density at radius 3 is 1.23 bits per heavy atom. The van der Waals surface area contributed by atoms with E-state index in [2.05, 4.69) is 0 Å². The molecule has 6 heterocycles. The van der Waals surface area contributed by atoms with Gasteiger partial charge < -0.3 is 9.80 Å². The van der Waals surface area contributed by atoms with Crippen LogP contribution in [0, 0.1) is 45.3 Å². The normalized spacial score (nSPS) is 13.9. The molecule has 0 aromatic carbocycles. The summed E-state index contributed by atoms with van der Waals surface area (Å²) in [5.41, 5.74) is 1.95. The van der Waals surface area contributed by atoms with E-state index < -0.39 is 0 Å². The number of likely N-dealkylation sites (N-methyl/N-ethyl adjacent to an activating group) is 2. The minimum absolute atomic E-state index is 0.0299. The monoisotopic (exact) mass is 644 g/mol. The van der Waals surface area contributed by atoms with E-state index in [0.29, 0.717) is 22.5 Å². The van der Waals surface area contributed by atoms with E-state index in [1.807, 2.05) is 72.8 Å². The lowest BCUT2D eigenvalue weighted by Crippen LogP contribution is -2.24. The topological polar surface area (TPSA) is 136 Å². The van der Waals surface area contributed by atoms with Crippen molar-refractivity contribution in [1.29, 1.82) is 21.0 Å². The minimum Gasteiger partial charge on any atom is -0.309 e. The van der Waals surface area contributed by atoms with Crippen LogP contribution in [-0.4, -0.2) is 35.7 Å². The largest absolute Gasteiger partial charge is 0.309 e. The molecule has 4 aromatic heterocycles. The Bertz CT molecular complexity index is 2020. The summed E-state index contributed by atoms with van der Waals surface area (Å²) < 4.78 is 0. The summed E-state index contributed by atoms with van der Waals surface area (Å²) >= 11 is 5.83. The van der Waals surface area contributed by atoms with Crippen LogP contribution < -0.4 is 0 Å². The van der Waals surface area contributed by atoms with Crippen molar-refractivity contribution in [2.75, 3.05) is 14.1 Å². The number of allylic oxidation sites excluding steroid dienone is 2. The van der Waals surface area contributed by atoms with Gasteiger partial charge in [0, 0.05) is 43.4 Å². The highest BCUT2D eigenvalue weighted by Crippen LogP contribution is 2.49. The Kier molecular flexibility index (Phi) is 7.45. The highest BCUT2D eigenvalue weighted by atomic mass is 32.1. The second-order valence-corrected chi connectivity index (χ2v) is 13.9. The quantitative estimate of drug-likeness (QED) is 0.204. The lowest BCUT2D eigenvalue weighted by Gasteiger charge is -2.18. The Hall–Kier alpha value is -5.34. The van der Waals surface area contributed by atoms with Crippen molar-refractivity contribution >= 4 is 80.7 Å². The number of nitriles is 4. The molecule has 2 aliphatic rings. The van der Waals surface area contributed by atoms with Crippen LogP contribution in [0.3, 0.4) is 0 Å². The molecule has 0 aliphatic carbocycles. The lowest BCUT2D eigenvalue weighted by molar-refractivity contribution is -0.123. The number of thiophene rings is 4. The second-order valence-electron chi connectivity index (χ2n) is 9.47. The fraction of sp³-hybridized carbons (Fsp3) is 0.0625. The number of nitrogens with zero attached hydrogens (tertiary/aromatic N) is 6. The maximum absolute atomic E-state index is 13.7. The molecule has 0 radical (unpaired) electrons. The Morgan fingerprint density at radius 1 is 0.545 bits per heavy atom. The predicted octanol–water partition coefficient (Wildman–Crippen LogP) is 7.19. The molecule has 0 spiro atoms. The molecule has 0 saturated carbocycles. The Labute approximate surface area is 268 Å². The van der Waals surface area contributed by atoms with Gasteiger partial charge in [0.25, 0.3) is 11.8 Å². The van der Waals surface area contributed by atoms with Crippen LogP contribution in [0.15, 0.2) is 70.8 Å². The molecule has 44 heavy (non-hydrogen) atoms. The van der Waals surface area contributed by atoms with E-state index in [1.54, 1.807) is 26.2 Å². The van der Waals surface area contributed by atoms with Crippen molar-refractivity contribution in [3.63, 3.8) is 0 Å². The lowest BCUT2D eigenvalue weighted by atomic mass is 10.1. The van der Waals surface area contributed by atoms with Crippen molar-refractivity contribution < 1.29 is 9.59 Å². The molecule has 2 aliphatic heterocycles. The first-order chi connectivity index (χ1) is 21.3. The summed E-state index contributed by atoms with van der Waals surface area (Å²) in [6.07, 6.45) is 3.10. The third kappa shape index (κ3) is 4.79. The average molecular weight is 645 g/mol. The molecule has 12 heteroatoms. The predicted molar refractivity (Wildman–Crippen MR) is 173 cm³/mol. The highest BCUT2D eigenvalue weighted by molar-refractivity contribution is 7.23. The molecule has 0 unspecified atom stereocenters. The number of hydrogen-bond acceptors (Lipinski definition) is 10. The first-order valence-corrected chi connectivity index (χ1v) is 16.0. The van der Waals surface area contributed by atoms with E-state index in [0.717, 1.165) is 39.0 Å². The van der Waals surface area contributed by atoms with Gasteiger partial charge in [0.05, 0.1) is 32.3 Å². The standard InChI is InChI=1S/C32H16N6O2S4/c1-37-29(25-9-7-23(43-25)21-5-3-19(41-21)11-17(13-33)14-34)27-28(31(37)39)30(38(2)32(27)40)26-10-8-24(44-26)22-6-4-20(42-22)12-18(15-35)16-36/h3-12H,1-2H3. The molecule has 210 valence electrons. The zero-order valence-corrected chi connectivity index (χ0v) is 26.2. The molecule has 6 rings (SSSR count). The fourth-order valence-electron chi connectivity index (χ4n) is 4.89. The van der Waals surface area contributed by atoms with Gasteiger partial charge in [-0.1, -0.05) is 0 Å². The minimum atomic E-state index is -0.249. The molecule has 0 fully saturated rings. The Balaban J connectivity index is 1.36. The third-order valence-electron chi connectivity index (χ3n) is 6.90. The average Bonchev–Trinajstić information content (AvgIpc) is 3.87. The van der Waals surface area contributed by atoms with Crippen LogP contribution >= 0.6 is 45.3 Å². The van der Waals surface area contributed by atoms with Gasteiger partial charge in [0.15, 0.2) is 0 Å². The first kappa shape index (κ1) is 28.8. The number of rotatable bonds is 6. The van der Waals surface area contributed by atoms with Crippen LogP contribution in [0.4, 0.5) is 0 Å². The first-order valence-electron chi connectivity index (χ1n) is 12.8. The maximum atomic E-state index is 13.7. The fourth-order valence-corrected chi connectivity index (χ4v) is 9.16. The molecule has 0 atom stereocenters. The summed E-state index contributed by atoms with van der Waals surface area (Å²) in [4.78, 5) is 37.3. The van der Waals surface area contributed by atoms with Crippen molar-refractivity contribution in [3.05, 3.63) is 90.3 Å². The van der Waals surface area contributed by atoms with Crippen LogP contribution in [0.25, 0.3) is 43.1 Å². The molecule has 0 bridgehead atoms. The summed E-state index contributed by atoms with van der Waals surface area (Å²) in [7, 11) is 3.35. The molecule has 4 aromatic rings. The van der Waals surface area contributed by atoms with Gasteiger partial charge in [-0.05, 0) is 60.7 Å². The van der Waals surface area contributed by atoms with Crippen LogP contribution in [0.2, 0.25) is 0 Å². The van der Waals surface area contributed by atoms with Crippen LogP contribution in [0.1, 0.15) is 19.5 Å².